The van der Waals surface area contributed by atoms with E-state index in [2.05, 4.69) is 52.0 Å². The van der Waals surface area contributed by atoms with Gasteiger partial charge >= 0.3 is 5.97 Å². The van der Waals surface area contributed by atoms with Gasteiger partial charge in [0.1, 0.15) is 5.75 Å². The second-order valence-electron chi connectivity index (χ2n) is 9.89. The molecule has 4 nitrogen and oxygen atoms in total. The summed E-state index contributed by atoms with van der Waals surface area (Å²) in [5.41, 5.74) is 6.84. The van der Waals surface area contributed by atoms with Gasteiger partial charge in [-0.3, -0.25) is 0 Å². The zero-order valence-corrected chi connectivity index (χ0v) is 20.0. The summed E-state index contributed by atoms with van der Waals surface area (Å²) in [7, 11) is 1.61. The summed E-state index contributed by atoms with van der Waals surface area (Å²) in [6.07, 6.45) is 7.26. The van der Waals surface area contributed by atoms with E-state index in [1.807, 2.05) is 18.2 Å². The van der Waals surface area contributed by atoms with Crippen molar-refractivity contribution in [1.29, 1.82) is 0 Å². The van der Waals surface area contributed by atoms with E-state index in [0.717, 1.165) is 28.9 Å². The number of fused-ring (bicyclic) bond motifs is 1. The van der Waals surface area contributed by atoms with Gasteiger partial charge in [0.25, 0.3) is 0 Å². The number of hydrogen-bond donors (Lipinski definition) is 1. The standard InChI is InChI=1S/C28H34O4/c1-19(15-26(29)30)7-8-20-9-12-25(32-18-31-6)22(16-20)21-10-11-23-24(17-21)28(4,5)14-13-27(23,2)3/h7-12,15-17H,13-14,18H2,1-6H3,(H,29,30)/b8-7+,19-15+. The second kappa shape index (κ2) is 9.33. The first kappa shape index (κ1) is 23.8. The lowest BCUT2D eigenvalue weighted by Crippen LogP contribution is -2.33. The number of carboxylic acid groups (broad SMARTS) is 1. The zero-order valence-electron chi connectivity index (χ0n) is 20.0. The molecule has 1 N–H and O–H groups in total. The van der Waals surface area contributed by atoms with Gasteiger partial charge in [-0.2, -0.15) is 0 Å². The van der Waals surface area contributed by atoms with E-state index in [0.29, 0.717) is 5.57 Å². The van der Waals surface area contributed by atoms with Gasteiger partial charge in [0.05, 0.1) is 0 Å². The monoisotopic (exact) mass is 434 g/mol. The van der Waals surface area contributed by atoms with E-state index >= 15 is 0 Å². The van der Waals surface area contributed by atoms with Gasteiger partial charge in [-0.15, -0.1) is 0 Å². The Balaban J connectivity index is 2.09. The maximum Gasteiger partial charge on any atom is 0.328 e. The Labute approximate surface area is 191 Å². The van der Waals surface area contributed by atoms with Crippen molar-refractivity contribution in [3.05, 3.63) is 70.8 Å². The molecule has 0 bridgehead atoms. The first-order chi connectivity index (χ1) is 15.0. The highest BCUT2D eigenvalue weighted by molar-refractivity contribution is 5.81. The molecule has 1 aliphatic rings. The van der Waals surface area contributed by atoms with E-state index in [4.69, 9.17) is 14.6 Å². The van der Waals surface area contributed by atoms with Crippen LogP contribution in [0.15, 0.2) is 54.1 Å². The van der Waals surface area contributed by atoms with Crippen molar-refractivity contribution < 1.29 is 19.4 Å². The number of rotatable bonds is 7. The van der Waals surface area contributed by atoms with Gasteiger partial charge in [0.2, 0.25) is 0 Å². The third-order valence-electron chi connectivity index (χ3n) is 6.39. The molecule has 2 aromatic rings. The molecule has 0 atom stereocenters. The van der Waals surface area contributed by atoms with E-state index in [-0.39, 0.29) is 17.6 Å². The van der Waals surface area contributed by atoms with Gasteiger partial charge in [-0.1, -0.05) is 64.1 Å². The van der Waals surface area contributed by atoms with E-state index in [1.54, 1.807) is 20.1 Å². The quantitative estimate of drug-likeness (QED) is 0.298. The number of carboxylic acids is 1. The summed E-state index contributed by atoms with van der Waals surface area (Å²) >= 11 is 0. The van der Waals surface area contributed by atoms with Crippen LogP contribution < -0.4 is 4.74 Å². The molecule has 0 radical (unpaired) electrons. The molecule has 0 fully saturated rings. The Morgan fingerprint density at radius 2 is 1.72 bits per heavy atom. The molecule has 0 saturated heterocycles. The molecule has 3 rings (SSSR count). The zero-order chi connectivity index (χ0) is 23.5. The largest absolute Gasteiger partial charge is 0.478 e. The molecule has 0 spiro atoms. The molecule has 170 valence electrons. The molecule has 0 aliphatic heterocycles. The molecule has 0 unspecified atom stereocenters. The Kier molecular flexibility index (Phi) is 6.94. The summed E-state index contributed by atoms with van der Waals surface area (Å²) in [4.78, 5) is 10.9. The van der Waals surface area contributed by atoms with E-state index < -0.39 is 5.97 Å². The van der Waals surface area contributed by atoms with Crippen LogP contribution in [0.25, 0.3) is 17.2 Å². The van der Waals surface area contributed by atoms with Gasteiger partial charge in [0, 0.05) is 18.7 Å². The summed E-state index contributed by atoms with van der Waals surface area (Å²) in [6, 6.07) is 12.8. The minimum Gasteiger partial charge on any atom is -0.478 e. The predicted molar refractivity (Wildman–Crippen MR) is 130 cm³/mol. The van der Waals surface area contributed by atoms with Crippen LogP contribution in [0, 0.1) is 0 Å². The van der Waals surface area contributed by atoms with Gasteiger partial charge in [-0.25, -0.2) is 4.79 Å². The van der Waals surface area contributed by atoms with Crippen LogP contribution in [-0.4, -0.2) is 25.0 Å². The van der Waals surface area contributed by atoms with Crippen LogP contribution in [0.5, 0.6) is 5.75 Å². The number of benzene rings is 2. The Hall–Kier alpha value is -2.85. The molecule has 4 heteroatoms. The van der Waals surface area contributed by atoms with Crippen LogP contribution in [0.4, 0.5) is 0 Å². The van der Waals surface area contributed by atoms with Crippen LogP contribution in [0.2, 0.25) is 0 Å². The van der Waals surface area contributed by atoms with Crippen LogP contribution in [0.1, 0.15) is 64.2 Å². The Bertz CT molecular complexity index is 1060. The number of ether oxygens (including phenoxy) is 2. The van der Waals surface area contributed by atoms with Crippen LogP contribution in [-0.2, 0) is 20.4 Å². The van der Waals surface area contributed by atoms with Gasteiger partial charge in [-0.05, 0) is 70.6 Å². The number of allylic oxidation sites excluding steroid dienone is 2. The molecule has 2 aromatic carbocycles. The number of methoxy groups -OCH3 is 1. The SMILES string of the molecule is COCOc1ccc(/C=C/C(C)=C/C(=O)O)cc1-c1ccc2c(c1)C(C)(C)CCC2(C)C. The van der Waals surface area contributed by atoms with Crippen molar-refractivity contribution in [1.82, 2.24) is 0 Å². The third kappa shape index (κ3) is 5.31. The lowest BCUT2D eigenvalue weighted by atomic mass is 9.63. The molecular weight excluding hydrogens is 400 g/mol. The summed E-state index contributed by atoms with van der Waals surface area (Å²) in [5.74, 6) is -0.189. The maximum absolute atomic E-state index is 10.9. The van der Waals surface area contributed by atoms with E-state index in [1.165, 1.54) is 23.6 Å². The summed E-state index contributed by atoms with van der Waals surface area (Å²) < 4.78 is 11.0. The van der Waals surface area contributed by atoms with Crippen molar-refractivity contribution in [2.75, 3.05) is 13.9 Å². The minimum absolute atomic E-state index is 0.116. The molecule has 0 amide bonds. The highest BCUT2D eigenvalue weighted by Crippen LogP contribution is 2.47. The fraction of sp³-hybridized carbons (Fsp3) is 0.393. The average Bonchev–Trinajstić information content (AvgIpc) is 2.73. The van der Waals surface area contributed by atoms with Crippen molar-refractivity contribution >= 4 is 12.0 Å². The highest BCUT2D eigenvalue weighted by Gasteiger charge is 2.37. The smallest absolute Gasteiger partial charge is 0.328 e. The van der Waals surface area contributed by atoms with Crippen molar-refractivity contribution in [3.63, 3.8) is 0 Å². The molecule has 0 aromatic heterocycles. The number of carbonyl (C=O) groups is 1. The lowest BCUT2D eigenvalue weighted by molar-refractivity contribution is -0.131. The molecule has 32 heavy (non-hydrogen) atoms. The van der Waals surface area contributed by atoms with E-state index in [9.17, 15) is 4.79 Å². The molecule has 0 saturated carbocycles. The second-order valence-corrected chi connectivity index (χ2v) is 9.89. The van der Waals surface area contributed by atoms with Crippen molar-refractivity contribution in [2.24, 2.45) is 0 Å². The fourth-order valence-corrected chi connectivity index (χ4v) is 4.35. The number of aliphatic carboxylic acids is 1. The van der Waals surface area contributed by atoms with Crippen LogP contribution >= 0.6 is 0 Å². The Morgan fingerprint density at radius 1 is 1.03 bits per heavy atom. The molecule has 1 aliphatic carbocycles. The van der Waals surface area contributed by atoms with Gasteiger partial charge < -0.3 is 14.6 Å². The van der Waals surface area contributed by atoms with Crippen molar-refractivity contribution in [2.45, 2.75) is 58.3 Å². The lowest BCUT2D eigenvalue weighted by Gasteiger charge is -2.42. The number of hydrogen-bond acceptors (Lipinski definition) is 3. The fourth-order valence-electron chi connectivity index (χ4n) is 4.35. The normalized spacial score (nSPS) is 17.2. The summed E-state index contributed by atoms with van der Waals surface area (Å²) in [5, 5.41) is 8.93. The minimum atomic E-state index is -0.948. The summed E-state index contributed by atoms with van der Waals surface area (Å²) in [6.45, 7) is 11.2. The maximum atomic E-state index is 10.9. The topological polar surface area (TPSA) is 55.8 Å². The van der Waals surface area contributed by atoms with Crippen molar-refractivity contribution in [3.8, 4) is 16.9 Å². The van der Waals surface area contributed by atoms with Crippen LogP contribution in [0.3, 0.4) is 0 Å². The highest BCUT2D eigenvalue weighted by atomic mass is 16.7. The molecular formula is C28H34O4. The molecule has 0 heterocycles. The first-order valence-corrected chi connectivity index (χ1v) is 11.0. The first-order valence-electron chi connectivity index (χ1n) is 11.0. The predicted octanol–water partition coefficient (Wildman–Crippen LogP) is 6.73. The average molecular weight is 435 g/mol. The van der Waals surface area contributed by atoms with Gasteiger partial charge in [0.15, 0.2) is 6.79 Å². The Morgan fingerprint density at radius 3 is 2.38 bits per heavy atom. The third-order valence-corrected chi connectivity index (χ3v) is 6.39.